The van der Waals surface area contributed by atoms with E-state index < -0.39 is 5.82 Å². The number of aldehydes is 1. The molecule has 1 aromatic carbocycles. The van der Waals surface area contributed by atoms with Crippen molar-refractivity contribution in [2.75, 3.05) is 5.32 Å². The number of carbonyl (C=O) groups is 1. The molecule has 1 heterocycles. The maximum absolute atomic E-state index is 13.7. The maximum Gasteiger partial charge on any atom is 0.156 e. The van der Waals surface area contributed by atoms with E-state index in [2.05, 4.69) is 15.3 Å². The summed E-state index contributed by atoms with van der Waals surface area (Å²) in [6.07, 6.45) is 0.538. The molecule has 0 radical (unpaired) electrons. The van der Waals surface area contributed by atoms with E-state index in [1.165, 1.54) is 6.07 Å². The Hall–Kier alpha value is -2.01. The number of carbonyl (C=O) groups excluding carboxylic acids is 1. The highest BCUT2D eigenvalue weighted by molar-refractivity contribution is 6.32. The lowest BCUT2D eigenvalue weighted by Gasteiger charge is -2.10. The molecule has 2 rings (SSSR count). The Kier molecular flexibility index (Phi) is 3.76. The average Bonchev–Trinajstić information content (AvgIpc) is 2.32. The molecule has 1 aromatic heterocycles. The second-order valence-electron chi connectivity index (χ2n) is 4.05. The third kappa shape index (κ3) is 2.88. The maximum atomic E-state index is 13.7. The summed E-state index contributed by atoms with van der Waals surface area (Å²) in [4.78, 5) is 18.9. The Balaban J connectivity index is 2.45. The Labute approximate surface area is 114 Å². The lowest BCUT2D eigenvalue weighted by molar-refractivity contribution is 0.112. The number of benzene rings is 1. The Morgan fingerprint density at radius 3 is 2.68 bits per heavy atom. The number of aromatic nitrogens is 2. The molecule has 0 aliphatic heterocycles. The molecular weight excluding hydrogens is 269 g/mol. The predicted octanol–water partition coefficient (Wildman–Crippen LogP) is 3.44. The molecular formula is C13H11ClFN3O. The van der Waals surface area contributed by atoms with Crippen LogP contribution < -0.4 is 5.32 Å². The van der Waals surface area contributed by atoms with Crippen LogP contribution in [0.1, 0.15) is 21.7 Å². The van der Waals surface area contributed by atoms with E-state index in [-0.39, 0.29) is 22.2 Å². The van der Waals surface area contributed by atoms with Gasteiger partial charge in [0.2, 0.25) is 0 Å². The van der Waals surface area contributed by atoms with Crippen molar-refractivity contribution in [2.45, 2.75) is 13.8 Å². The molecule has 19 heavy (non-hydrogen) atoms. The predicted molar refractivity (Wildman–Crippen MR) is 71.6 cm³/mol. The van der Waals surface area contributed by atoms with E-state index in [1.807, 2.05) is 0 Å². The highest BCUT2D eigenvalue weighted by atomic mass is 35.5. The summed E-state index contributed by atoms with van der Waals surface area (Å²) < 4.78 is 13.7. The lowest BCUT2D eigenvalue weighted by atomic mass is 10.2. The van der Waals surface area contributed by atoms with Crippen LogP contribution in [0.25, 0.3) is 0 Å². The fourth-order valence-electron chi connectivity index (χ4n) is 1.60. The molecule has 0 atom stereocenters. The Morgan fingerprint density at radius 1 is 1.32 bits per heavy atom. The first-order chi connectivity index (χ1) is 9.01. The smallest absolute Gasteiger partial charge is 0.156 e. The van der Waals surface area contributed by atoms with Crippen LogP contribution in [0, 0.1) is 19.7 Å². The number of nitrogens with zero attached hydrogens (tertiary/aromatic N) is 2. The van der Waals surface area contributed by atoms with Gasteiger partial charge in [-0.1, -0.05) is 17.7 Å². The number of halogens is 2. The van der Waals surface area contributed by atoms with Crippen molar-refractivity contribution >= 4 is 29.4 Å². The number of hydrogen-bond acceptors (Lipinski definition) is 4. The molecule has 0 aliphatic carbocycles. The fourth-order valence-corrected chi connectivity index (χ4v) is 1.85. The highest BCUT2D eigenvalue weighted by Crippen LogP contribution is 2.24. The van der Waals surface area contributed by atoms with Crippen molar-refractivity contribution in [3.05, 3.63) is 46.1 Å². The minimum Gasteiger partial charge on any atom is -0.337 e. The van der Waals surface area contributed by atoms with Gasteiger partial charge in [0.1, 0.15) is 22.6 Å². The number of hydrogen-bond donors (Lipinski definition) is 1. The molecule has 1 N–H and O–H groups in total. The summed E-state index contributed by atoms with van der Waals surface area (Å²) >= 11 is 5.85. The van der Waals surface area contributed by atoms with Crippen LogP contribution in [0.15, 0.2) is 18.2 Å². The summed E-state index contributed by atoms with van der Waals surface area (Å²) in [6, 6.07) is 4.71. The van der Waals surface area contributed by atoms with E-state index >= 15 is 0 Å². The van der Waals surface area contributed by atoms with Gasteiger partial charge in [-0.25, -0.2) is 14.4 Å². The summed E-state index contributed by atoms with van der Waals surface area (Å²) in [5, 5.41) is 2.80. The van der Waals surface area contributed by atoms with Gasteiger partial charge in [-0.05, 0) is 31.5 Å². The monoisotopic (exact) mass is 279 g/mol. The SMILES string of the molecule is Cc1ccc(Nc2nc(C)nc(Cl)c2C=O)c(F)c1. The number of nitrogens with one attached hydrogen (secondary N) is 1. The quantitative estimate of drug-likeness (QED) is 0.691. The molecule has 2 aromatic rings. The van der Waals surface area contributed by atoms with Crippen LogP contribution in [0.5, 0.6) is 0 Å². The summed E-state index contributed by atoms with van der Waals surface area (Å²) in [5.74, 6) is 0.158. The summed E-state index contributed by atoms with van der Waals surface area (Å²) in [7, 11) is 0. The molecule has 98 valence electrons. The molecule has 0 saturated heterocycles. The van der Waals surface area contributed by atoms with Crippen LogP contribution >= 0.6 is 11.6 Å². The van der Waals surface area contributed by atoms with Crippen LogP contribution in [0.4, 0.5) is 15.9 Å². The molecule has 0 saturated carbocycles. The van der Waals surface area contributed by atoms with Crippen molar-refractivity contribution in [1.82, 2.24) is 9.97 Å². The summed E-state index contributed by atoms with van der Waals surface area (Å²) in [5.41, 5.74) is 1.13. The van der Waals surface area contributed by atoms with Gasteiger partial charge in [0.15, 0.2) is 6.29 Å². The van der Waals surface area contributed by atoms with E-state index in [1.54, 1.807) is 26.0 Å². The van der Waals surface area contributed by atoms with Crippen LogP contribution in [0.2, 0.25) is 5.15 Å². The second kappa shape index (κ2) is 5.32. The third-order valence-electron chi connectivity index (χ3n) is 2.51. The van der Waals surface area contributed by atoms with E-state index in [9.17, 15) is 9.18 Å². The molecule has 6 heteroatoms. The van der Waals surface area contributed by atoms with E-state index in [0.717, 1.165) is 5.56 Å². The van der Waals surface area contributed by atoms with Crippen molar-refractivity contribution in [2.24, 2.45) is 0 Å². The first kappa shape index (κ1) is 13.4. The van der Waals surface area contributed by atoms with Crippen LogP contribution in [-0.2, 0) is 0 Å². The van der Waals surface area contributed by atoms with E-state index in [0.29, 0.717) is 12.1 Å². The van der Waals surface area contributed by atoms with E-state index in [4.69, 9.17) is 11.6 Å². The van der Waals surface area contributed by atoms with Gasteiger partial charge in [-0.2, -0.15) is 0 Å². The van der Waals surface area contributed by atoms with Gasteiger partial charge >= 0.3 is 0 Å². The largest absolute Gasteiger partial charge is 0.337 e. The Morgan fingerprint density at radius 2 is 2.05 bits per heavy atom. The third-order valence-corrected chi connectivity index (χ3v) is 2.79. The minimum atomic E-state index is -0.427. The average molecular weight is 280 g/mol. The number of anilines is 2. The van der Waals surface area contributed by atoms with Gasteiger partial charge in [0.05, 0.1) is 11.3 Å². The van der Waals surface area contributed by atoms with Gasteiger partial charge in [-0.15, -0.1) is 0 Å². The normalized spacial score (nSPS) is 10.3. The zero-order valence-electron chi connectivity index (χ0n) is 10.4. The first-order valence-corrected chi connectivity index (χ1v) is 5.91. The van der Waals surface area contributed by atoms with Gasteiger partial charge in [0.25, 0.3) is 0 Å². The van der Waals surface area contributed by atoms with Crippen LogP contribution in [0.3, 0.4) is 0 Å². The zero-order chi connectivity index (χ0) is 14.0. The lowest BCUT2D eigenvalue weighted by Crippen LogP contribution is -2.04. The van der Waals surface area contributed by atoms with Crippen LogP contribution in [-0.4, -0.2) is 16.3 Å². The van der Waals surface area contributed by atoms with Crippen molar-refractivity contribution in [3.8, 4) is 0 Å². The molecule has 0 spiro atoms. The molecule has 0 fully saturated rings. The first-order valence-electron chi connectivity index (χ1n) is 5.53. The Bertz CT molecular complexity index is 646. The minimum absolute atomic E-state index is 0.0394. The number of rotatable bonds is 3. The number of aryl methyl sites for hydroxylation is 2. The molecule has 0 amide bonds. The standard InChI is InChI=1S/C13H11ClFN3O/c1-7-3-4-11(10(15)5-7)18-13-9(6-19)12(14)16-8(2)17-13/h3-6H,1-2H3,(H,16,17,18). The highest BCUT2D eigenvalue weighted by Gasteiger charge is 2.12. The zero-order valence-corrected chi connectivity index (χ0v) is 11.1. The second-order valence-corrected chi connectivity index (χ2v) is 4.41. The molecule has 0 bridgehead atoms. The topological polar surface area (TPSA) is 54.9 Å². The molecule has 4 nitrogen and oxygen atoms in total. The van der Waals surface area contributed by atoms with Crippen molar-refractivity contribution < 1.29 is 9.18 Å². The molecule has 0 aliphatic rings. The van der Waals surface area contributed by atoms with Gasteiger partial charge < -0.3 is 5.32 Å². The summed E-state index contributed by atoms with van der Waals surface area (Å²) in [6.45, 7) is 3.42. The van der Waals surface area contributed by atoms with Gasteiger partial charge in [0, 0.05) is 0 Å². The van der Waals surface area contributed by atoms with Gasteiger partial charge in [-0.3, -0.25) is 4.79 Å². The van der Waals surface area contributed by atoms with Crippen molar-refractivity contribution in [1.29, 1.82) is 0 Å². The molecule has 0 unspecified atom stereocenters. The van der Waals surface area contributed by atoms with Crippen molar-refractivity contribution in [3.63, 3.8) is 0 Å². The fraction of sp³-hybridized carbons (Fsp3) is 0.154.